The third-order valence-electron chi connectivity index (χ3n) is 8.70. The van der Waals surface area contributed by atoms with E-state index in [2.05, 4.69) is 30.3 Å². The van der Waals surface area contributed by atoms with Gasteiger partial charge in [0.25, 0.3) is 0 Å². The highest BCUT2D eigenvalue weighted by Crippen LogP contribution is 2.68. The van der Waals surface area contributed by atoms with Crippen molar-refractivity contribution in [3.63, 3.8) is 0 Å². The molecule has 8 bridgehead atoms. The van der Waals surface area contributed by atoms with Crippen molar-refractivity contribution < 1.29 is 4.79 Å². The first-order chi connectivity index (χ1) is 12.8. The summed E-state index contributed by atoms with van der Waals surface area (Å²) in [5.41, 5.74) is 7.66. The van der Waals surface area contributed by atoms with Crippen molar-refractivity contribution in [2.75, 3.05) is 0 Å². The van der Waals surface area contributed by atoms with E-state index in [1.165, 1.54) is 60.4 Å². The quantitative estimate of drug-likeness (QED) is 0.541. The van der Waals surface area contributed by atoms with Gasteiger partial charge in [-0.1, -0.05) is 35.4 Å². The fourth-order valence-electron chi connectivity index (χ4n) is 7.81. The van der Waals surface area contributed by atoms with Crippen molar-refractivity contribution in [1.29, 1.82) is 0 Å². The Balaban J connectivity index is 1.65. The first kappa shape index (κ1) is 14.2. The Kier molecular flexibility index (Phi) is 2.46. The van der Waals surface area contributed by atoms with Crippen molar-refractivity contribution >= 4 is 16.6 Å². The van der Waals surface area contributed by atoms with Crippen LogP contribution < -0.4 is 0 Å². The van der Waals surface area contributed by atoms with E-state index in [-0.39, 0.29) is 11.3 Å². The molecule has 0 saturated heterocycles. The summed E-state index contributed by atoms with van der Waals surface area (Å²) < 4.78 is 0. The standard InChI is InChI=1S/C25H24O/c26-24-20-12-19-14-3-1-4-17(19)18-5-2-6-21-23(18)16-9-10-25(21,13-16)22(24)8-7-15(20)11-14/h1,3-4,11-12,16,18,22H,2,5-10,13H2. The summed E-state index contributed by atoms with van der Waals surface area (Å²) in [6, 6.07) is 11.5. The molecular formula is C25H24O. The van der Waals surface area contributed by atoms with Crippen LogP contribution in [0.1, 0.15) is 72.3 Å². The number of allylic oxidation sites excluding steroid dienone is 2. The fourth-order valence-corrected chi connectivity index (χ4v) is 7.81. The maximum absolute atomic E-state index is 13.7. The predicted octanol–water partition coefficient (Wildman–Crippen LogP) is 5.96. The molecular weight excluding hydrogens is 316 g/mol. The van der Waals surface area contributed by atoms with Gasteiger partial charge in [0, 0.05) is 22.8 Å². The number of hydrogen-bond acceptors (Lipinski definition) is 1. The largest absolute Gasteiger partial charge is 0.294 e. The number of hydrogen-bond donors (Lipinski definition) is 0. The molecule has 0 radical (unpaired) electrons. The van der Waals surface area contributed by atoms with Crippen molar-refractivity contribution in [3.05, 3.63) is 58.2 Å². The molecule has 1 saturated carbocycles. The molecule has 1 fully saturated rings. The van der Waals surface area contributed by atoms with Crippen LogP contribution in [0.4, 0.5) is 0 Å². The molecule has 7 rings (SSSR count). The van der Waals surface area contributed by atoms with Gasteiger partial charge in [-0.2, -0.15) is 0 Å². The van der Waals surface area contributed by atoms with E-state index < -0.39 is 0 Å². The van der Waals surface area contributed by atoms with E-state index >= 15 is 0 Å². The Hall–Kier alpha value is -1.89. The average Bonchev–Trinajstić information content (AvgIpc) is 3.24. The minimum absolute atomic E-state index is 0.231. The number of rotatable bonds is 0. The number of fused-ring (bicyclic) bond motifs is 3. The summed E-state index contributed by atoms with van der Waals surface area (Å²) in [7, 11) is 0. The highest BCUT2D eigenvalue weighted by molar-refractivity contribution is 6.05. The third kappa shape index (κ3) is 1.46. The molecule has 2 aromatic carbocycles. The Bertz CT molecular complexity index is 1040. The summed E-state index contributed by atoms with van der Waals surface area (Å²) >= 11 is 0. The third-order valence-corrected chi connectivity index (χ3v) is 8.70. The lowest BCUT2D eigenvalue weighted by molar-refractivity contribution is 0.0768. The number of ketones is 1. The number of carbonyl (C=O) groups excluding carboxylic acids is 1. The van der Waals surface area contributed by atoms with E-state index in [1.807, 2.05) is 0 Å². The lowest BCUT2D eigenvalue weighted by atomic mass is 9.59. The molecule has 26 heavy (non-hydrogen) atoms. The zero-order chi connectivity index (χ0) is 17.0. The second kappa shape index (κ2) is 4.50. The maximum Gasteiger partial charge on any atom is 0.167 e. The molecule has 0 amide bonds. The molecule has 0 aromatic heterocycles. The zero-order valence-electron chi connectivity index (χ0n) is 15.2. The van der Waals surface area contributed by atoms with Gasteiger partial charge in [0.1, 0.15) is 0 Å². The molecule has 4 atom stereocenters. The first-order valence-electron chi connectivity index (χ1n) is 10.6. The van der Waals surface area contributed by atoms with E-state index in [9.17, 15) is 4.79 Å². The molecule has 5 aliphatic carbocycles. The summed E-state index contributed by atoms with van der Waals surface area (Å²) in [4.78, 5) is 13.7. The molecule has 2 aromatic rings. The second-order valence-corrected chi connectivity index (χ2v) is 9.51. The van der Waals surface area contributed by atoms with Crippen molar-refractivity contribution in [1.82, 2.24) is 0 Å². The summed E-state index contributed by atoms with van der Waals surface area (Å²) in [5.74, 6) is 2.10. The second-order valence-electron chi connectivity index (χ2n) is 9.51. The van der Waals surface area contributed by atoms with Crippen LogP contribution in [0, 0.1) is 17.3 Å². The van der Waals surface area contributed by atoms with Gasteiger partial charge in [-0.05, 0) is 85.3 Å². The average molecular weight is 340 g/mol. The maximum atomic E-state index is 13.7. The van der Waals surface area contributed by atoms with E-state index in [0.717, 1.165) is 24.3 Å². The van der Waals surface area contributed by atoms with Crippen LogP contribution in [0.15, 0.2) is 41.5 Å². The summed E-state index contributed by atoms with van der Waals surface area (Å²) in [6.45, 7) is 0. The van der Waals surface area contributed by atoms with E-state index in [4.69, 9.17) is 0 Å². The van der Waals surface area contributed by atoms with Crippen molar-refractivity contribution in [3.8, 4) is 0 Å². The summed E-state index contributed by atoms with van der Waals surface area (Å²) in [5, 5.41) is 2.70. The van der Waals surface area contributed by atoms with Crippen LogP contribution in [-0.4, -0.2) is 5.78 Å². The van der Waals surface area contributed by atoms with E-state index in [0.29, 0.717) is 11.7 Å². The molecule has 130 valence electrons. The molecule has 1 nitrogen and oxygen atoms in total. The van der Waals surface area contributed by atoms with Crippen molar-refractivity contribution in [2.24, 2.45) is 17.3 Å². The Morgan fingerprint density at radius 1 is 1.04 bits per heavy atom. The van der Waals surface area contributed by atoms with Gasteiger partial charge < -0.3 is 0 Å². The zero-order valence-corrected chi connectivity index (χ0v) is 15.2. The van der Waals surface area contributed by atoms with Gasteiger partial charge >= 0.3 is 0 Å². The van der Waals surface area contributed by atoms with Crippen LogP contribution in [0.3, 0.4) is 0 Å². The van der Waals surface area contributed by atoms with Crippen LogP contribution in [0.5, 0.6) is 0 Å². The highest BCUT2D eigenvalue weighted by atomic mass is 16.1. The Morgan fingerprint density at radius 3 is 2.96 bits per heavy atom. The number of Topliss-reactive ketones (excluding diaryl/α,β-unsaturated/α-hetero) is 1. The smallest absolute Gasteiger partial charge is 0.167 e. The molecule has 0 aliphatic heterocycles. The number of carbonyl (C=O) groups is 1. The minimum atomic E-state index is 0.231. The Morgan fingerprint density at radius 2 is 2.00 bits per heavy atom. The lowest BCUT2D eigenvalue weighted by Gasteiger charge is -2.44. The van der Waals surface area contributed by atoms with Gasteiger partial charge in [-0.15, -0.1) is 0 Å². The van der Waals surface area contributed by atoms with Crippen LogP contribution >= 0.6 is 0 Å². The van der Waals surface area contributed by atoms with Gasteiger partial charge in [-0.3, -0.25) is 4.79 Å². The number of aryl methyl sites for hydroxylation is 1. The Labute approximate surface area is 154 Å². The molecule has 4 unspecified atom stereocenters. The predicted molar refractivity (Wildman–Crippen MR) is 103 cm³/mol. The van der Waals surface area contributed by atoms with Gasteiger partial charge in [-0.25, -0.2) is 0 Å². The molecule has 1 heteroatoms. The van der Waals surface area contributed by atoms with Crippen molar-refractivity contribution in [2.45, 2.75) is 57.3 Å². The monoisotopic (exact) mass is 340 g/mol. The first-order valence-corrected chi connectivity index (χ1v) is 10.6. The van der Waals surface area contributed by atoms with Gasteiger partial charge in [0.15, 0.2) is 5.78 Å². The lowest BCUT2D eigenvalue weighted by Crippen LogP contribution is -2.39. The normalized spacial score (nSPS) is 36.5. The highest BCUT2D eigenvalue weighted by Gasteiger charge is 2.58. The van der Waals surface area contributed by atoms with E-state index in [1.54, 1.807) is 11.1 Å². The number of benzene rings is 2. The molecule has 5 aliphatic rings. The van der Waals surface area contributed by atoms with Gasteiger partial charge in [0.2, 0.25) is 0 Å². The minimum Gasteiger partial charge on any atom is -0.294 e. The van der Waals surface area contributed by atoms with Crippen LogP contribution in [-0.2, 0) is 6.42 Å². The fraction of sp³-hybridized carbons (Fsp3) is 0.480. The summed E-state index contributed by atoms with van der Waals surface area (Å²) in [6.07, 6.45) is 9.93. The topological polar surface area (TPSA) is 17.1 Å². The molecule has 1 spiro atoms. The molecule has 0 N–H and O–H groups in total. The molecule has 0 heterocycles. The SMILES string of the molecule is O=C1c2cc3c4cccc3cc2CCC1C12CCC(C1)C1=C2CCCC14. The van der Waals surface area contributed by atoms with Gasteiger partial charge in [0.05, 0.1) is 0 Å². The van der Waals surface area contributed by atoms with Crippen LogP contribution in [0.2, 0.25) is 0 Å². The van der Waals surface area contributed by atoms with Crippen LogP contribution in [0.25, 0.3) is 10.8 Å².